The lowest BCUT2D eigenvalue weighted by molar-refractivity contribution is -0.111. The number of methoxy groups -OCH3 is 1. The van der Waals surface area contributed by atoms with Gasteiger partial charge in [0.15, 0.2) is 5.82 Å². The van der Waals surface area contributed by atoms with E-state index < -0.39 is 5.97 Å². The summed E-state index contributed by atoms with van der Waals surface area (Å²) in [6, 6.07) is 3.71. The highest BCUT2D eigenvalue weighted by molar-refractivity contribution is 6.02. The highest BCUT2D eigenvalue weighted by Gasteiger charge is 2.23. The summed E-state index contributed by atoms with van der Waals surface area (Å²) < 4.78 is 13.2. The smallest absolute Gasteiger partial charge is 0.342 e. The predicted molar refractivity (Wildman–Crippen MR) is 167 cm³/mol. The van der Waals surface area contributed by atoms with Gasteiger partial charge in [0.2, 0.25) is 11.8 Å². The number of anilines is 2. The van der Waals surface area contributed by atoms with Gasteiger partial charge in [-0.05, 0) is 46.2 Å². The molecule has 0 fully saturated rings. The summed E-state index contributed by atoms with van der Waals surface area (Å²) in [7, 11) is 9.34. The van der Waals surface area contributed by atoms with E-state index in [0.717, 1.165) is 23.0 Å². The molecule has 0 saturated carbocycles. The van der Waals surface area contributed by atoms with Crippen molar-refractivity contribution in [3.05, 3.63) is 66.5 Å². The minimum Gasteiger partial charge on any atom is -0.481 e. The maximum absolute atomic E-state index is 13.1. The third kappa shape index (κ3) is 7.15. The van der Waals surface area contributed by atoms with Crippen molar-refractivity contribution in [2.75, 3.05) is 51.6 Å². The molecule has 0 aliphatic carbocycles. The van der Waals surface area contributed by atoms with Gasteiger partial charge in [-0.2, -0.15) is 4.98 Å². The van der Waals surface area contributed by atoms with E-state index in [1.807, 2.05) is 49.9 Å². The molecule has 1 N–H and O–H groups in total. The predicted octanol–water partition coefficient (Wildman–Crippen LogP) is 3.71. The second kappa shape index (κ2) is 13.4. The van der Waals surface area contributed by atoms with E-state index in [9.17, 15) is 9.59 Å². The Labute approximate surface area is 251 Å². The zero-order chi connectivity index (χ0) is 31.3. The van der Waals surface area contributed by atoms with Crippen molar-refractivity contribution in [3.8, 4) is 17.1 Å². The van der Waals surface area contributed by atoms with Gasteiger partial charge in [0.1, 0.15) is 11.4 Å². The molecule has 0 aliphatic rings. The summed E-state index contributed by atoms with van der Waals surface area (Å²) in [5, 5.41) is 3.71. The Morgan fingerprint density at radius 3 is 2.60 bits per heavy atom. The number of hydrogen-bond acceptors (Lipinski definition) is 10. The number of aromatic nitrogens is 5. The molecule has 1 amide bonds. The fraction of sp³-hybridized carbons (Fsp3) is 0.355. The summed E-state index contributed by atoms with van der Waals surface area (Å²) in [5.41, 5.74) is 3.49. The number of esters is 1. The number of likely N-dealkylation sites (N-methyl/N-ethyl adjacent to an activating group) is 2. The third-order valence-corrected chi connectivity index (χ3v) is 6.72. The van der Waals surface area contributed by atoms with Gasteiger partial charge >= 0.3 is 5.97 Å². The van der Waals surface area contributed by atoms with Crippen molar-refractivity contribution in [1.29, 1.82) is 0 Å². The number of nitrogens with one attached hydrogen (secondary N) is 1. The lowest BCUT2D eigenvalue weighted by atomic mass is 10.1. The number of ether oxygens (including phenoxy) is 2. The fourth-order valence-corrected chi connectivity index (χ4v) is 4.58. The number of carbonyl (C=O) groups is 2. The monoisotopic (exact) mass is 586 g/mol. The van der Waals surface area contributed by atoms with E-state index >= 15 is 0 Å². The Morgan fingerprint density at radius 1 is 1.16 bits per heavy atom. The molecule has 12 nitrogen and oxygen atoms in total. The van der Waals surface area contributed by atoms with Crippen LogP contribution in [0.2, 0.25) is 0 Å². The second-order valence-corrected chi connectivity index (χ2v) is 10.7. The van der Waals surface area contributed by atoms with Crippen LogP contribution in [0, 0.1) is 0 Å². The number of carbonyl (C=O) groups excluding carboxylic acids is 2. The van der Waals surface area contributed by atoms with Crippen LogP contribution in [0.15, 0.2) is 49.6 Å². The second-order valence-electron chi connectivity index (χ2n) is 10.7. The van der Waals surface area contributed by atoms with Crippen molar-refractivity contribution in [1.82, 2.24) is 29.4 Å². The van der Waals surface area contributed by atoms with Crippen LogP contribution in [-0.2, 0) is 23.0 Å². The molecule has 43 heavy (non-hydrogen) atoms. The first kappa shape index (κ1) is 31.1. The van der Waals surface area contributed by atoms with Gasteiger partial charge in [-0.25, -0.2) is 14.8 Å². The normalized spacial score (nSPS) is 11.2. The van der Waals surface area contributed by atoms with E-state index in [0.29, 0.717) is 41.0 Å². The molecule has 0 saturated heterocycles. The Kier molecular flexibility index (Phi) is 9.71. The zero-order valence-corrected chi connectivity index (χ0v) is 25.7. The molecular formula is C31H38N8O4. The molecule has 12 heteroatoms. The summed E-state index contributed by atoms with van der Waals surface area (Å²) in [6.07, 6.45) is 7.96. The molecule has 226 valence electrons. The van der Waals surface area contributed by atoms with E-state index in [1.165, 1.54) is 19.4 Å². The maximum atomic E-state index is 13.1. The lowest BCUT2D eigenvalue weighted by Crippen LogP contribution is -2.30. The third-order valence-electron chi connectivity index (χ3n) is 6.72. The summed E-state index contributed by atoms with van der Waals surface area (Å²) in [4.78, 5) is 47.9. The highest BCUT2D eigenvalue weighted by Crippen LogP contribution is 2.33. The summed E-state index contributed by atoms with van der Waals surface area (Å²) in [6.45, 7) is 8.60. The molecule has 0 aromatic carbocycles. The molecule has 4 heterocycles. The van der Waals surface area contributed by atoms with Crippen LogP contribution in [0.1, 0.15) is 35.6 Å². The van der Waals surface area contributed by atoms with Gasteiger partial charge in [0.05, 0.1) is 30.1 Å². The molecular weight excluding hydrogens is 548 g/mol. The molecule has 0 unspecified atom stereocenters. The quantitative estimate of drug-likeness (QED) is 0.194. The first-order chi connectivity index (χ1) is 20.5. The first-order valence-corrected chi connectivity index (χ1v) is 13.9. The average molecular weight is 587 g/mol. The van der Waals surface area contributed by atoms with Crippen molar-refractivity contribution in [3.63, 3.8) is 0 Å². The van der Waals surface area contributed by atoms with Crippen LogP contribution in [-0.4, -0.2) is 88.7 Å². The standard InChI is InChI=1S/C31H38N8O4/c1-9-27(40)34-24-14-20(30(42-8)36-29(24)38(6)13-12-37(4)5)15-26-33-17-22(31(41)43-19(2)3)28(35-26)23-18-39(7)25-10-11-32-16-21(23)25/h9-11,14,16-19H,1,12-13,15H2,2-8H3,(H,34,40). The van der Waals surface area contributed by atoms with Crippen molar-refractivity contribution < 1.29 is 19.1 Å². The topological polar surface area (TPSA) is 128 Å². The number of pyridine rings is 2. The molecule has 0 aliphatic heterocycles. The SMILES string of the molecule is C=CC(=O)Nc1cc(Cc2ncc(C(=O)OC(C)C)c(-c3cn(C)c4ccncc34)n2)c(OC)nc1N(C)CCN(C)C. The van der Waals surface area contributed by atoms with Crippen molar-refractivity contribution in [2.24, 2.45) is 7.05 Å². The van der Waals surface area contributed by atoms with Gasteiger partial charge in [-0.1, -0.05) is 6.58 Å². The van der Waals surface area contributed by atoms with Crippen molar-refractivity contribution in [2.45, 2.75) is 26.4 Å². The average Bonchev–Trinajstić information content (AvgIpc) is 3.31. The Morgan fingerprint density at radius 2 is 1.93 bits per heavy atom. The van der Waals surface area contributed by atoms with Gasteiger partial charge < -0.3 is 29.2 Å². The fourth-order valence-electron chi connectivity index (χ4n) is 4.58. The van der Waals surface area contributed by atoms with Crippen LogP contribution in [0.5, 0.6) is 5.88 Å². The molecule has 4 aromatic heterocycles. The Balaban J connectivity index is 1.82. The largest absolute Gasteiger partial charge is 0.481 e. The zero-order valence-electron chi connectivity index (χ0n) is 25.7. The number of fused-ring (bicyclic) bond motifs is 1. The number of aryl methyl sites for hydroxylation is 1. The van der Waals surface area contributed by atoms with Gasteiger partial charge in [0, 0.05) is 74.9 Å². The molecule has 0 spiro atoms. The number of hydrogen-bond donors (Lipinski definition) is 1. The minimum absolute atomic E-state index is 0.213. The van der Waals surface area contributed by atoms with E-state index in [1.54, 1.807) is 32.3 Å². The Bertz CT molecular complexity index is 1650. The van der Waals surface area contributed by atoms with Gasteiger partial charge in [0.25, 0.3) is 0 Å². The summed E-state index contributed by atoms with van der Waals surface area (Å²) >= 11 is 0. The van der Waals surface area contributed by atoms with Crippen LogP contribution in [0.25, 0.3) is 22.2 Å². The Hall–Kier alpha value is -4.84. The maximum Gasteiger partial charge on any atom is 0.342 e. The molecule has 4 rings (SSSR count). The van der Waals surface area contributed by atoms with Crippen LogP contribution >= 0.6 is 0 Å². The number of nitrogens with zero attached hydrogens (tertiary/aromatic N) is 7. The van der Waals surface area contributed by atoms with Gasteiger partial charge in [-0.3, -0.25) is 9.78 Å². The van der Waals surface area contributed by atoms with Crippen LogP contribution in [0.4, 0.5) is 11.5 Å². The molecule has 0 radical (unpaired) electrons. The van der Waals surface area contributed by atoms with E-state index in [2.05, 4.69) is 26.8 Å². The number of rotatable bonds is 12. The van der Waals surface area contributed by atoms with Crippen molar-refractivity contribution >= 4 is 34.3 Å². The lowest BCUT2D eigenvalue weighted by Gasteiger charge is -2.24. The van der Waals surface area contributed by atoms with Crippen LogP contribution < -0.4 is 15.0 Å². The van der Waals surface area contributed by atoms with Gasteiger partial charge in [-0.15, -0.1) is 0 Å². The van der Waals surface area contributed by atoms with E-state index in [-0.39, 0.29) is 24.0 Å². The highest BCUT2D eigenvalue weighted by atomic mass is 16.5. The number of amides is 1. The molecule has 4 aromatic rings. The minimum atomic E-state index is -0.517. The van der Waals surface area contributed by atoms with E-state index in [4.69, 9.17) is 19.4 Å². The molecule has 0 bridgehead atoms. The summed E-state index contributed by atoms with van der Waals surface area (Å²) in [5.74, 6) is 0.458. The van der Waals surface area contributed by atoms with Crippen LogP contribution in [0.3, 0.4) is 0 Å². The molecule has 0 atom stereocenters. The first-order valence-electron chi connectivity index (χ1n) is 13.9.